The first kappa shape index (κ1) is 18.4. The van der Waals surface area contributed by atoms with Gasteiger partial charge in [-0.25, -0.2) is 0 Å². The first-order valence-electron chi connectivity index (χ1n) is 9.90. The summed E-state index contributed by atoms with van der Waals surface area (Å²) in [6.45, 7) is 4.40. The van der Waals surface area contributed by atoms with Crippen LogP contribution in [-0.2, 0) is 25.7 Å². The van der Waals surface area contributed by atoms with Crippen molar-refractivity contribution < 1.29 is 0 Å². The van der Waals surface area contributed by atoms with Crippen molar-refractivity contribution in [2.45, 2.75) is 52.4 Å². The lowest BCUT2D eigenvalue weighted by atomic mass is 10.0. The van der Waals surface area contributed by atoms with Gasteiger partial charge in [0.2, 0.25) is 0 Å². The molecule has 0 amide bonds. The van der Waals surface area contributed by atoms with E-state index in [9.17, 15) is 0 Å². The zero-order valence-corrected chi connectivity index (χ0v) is 16.0. The number of pyridine rings is 1. The topological polar surface area (TPSA) is 12.9 Å². The Morgan fingerprint density at radius 3 is 1.65 bits per heavy atom. The van der Waals surface area contributed by atoms with Gasteiger partial charge in [0.05, 0.1) is 5.69 Å². The van der Waals surface area contributed by atoms with Crippen molar-refractivity contribution in [1.82, 2.24) is 4.98 Å². The van der Waals surface area contributed by atoms with Gasteiger partial charge in [0.25, 0.3) is 0 Å². The Labute approximate surface area is 158 Å². The Hall–Kier alpha value is -2.41. The monoisotopic (exact) mass is 343 g/mol. The third-order valence-electron chi connectivity index (χ3n) is 5.03. The second-order valence-corrected chi connectivity index (χ2v) is 7.02. The Bertz CT molecular complexity index is 783. The minimum atomic E-state index is 1.03. The Morgan fingerprint density at radius 2 is 1.15 bits per heavy atom. The SMILES string of the molecule is CCCCc1ccc(CCc2ccc(-c3ccc(CC)cn3)cc2)cc1. The zero-order valence-electron chi connectivity index (χ0n) is 16.0. The zero-order chi connectivity index (χ0) is 18.2. The van der Waals surface area contributed by atoms with Crippen molar-refractivity contribution in [2.24, 2.45) is 0 Å². The minimum absolute atomic E-state index is 1.03. The summed E-state index contributed by atoms with van der Waals surface area (Å²) in [6.07, 6.45) is 8.93. The molecule has 0 bridgehead atoms. The average Bonchev–Trinajstić information content (AvgIpc) is 2.72. The average molecular weight is 344 g/mol. The van der Waals surface area contributed by atoms with Gasteiger partial charge in [-0.2, -0.15) is 0 Å². The molecule has 0 atom stereocenters. The fraction of sp³-hybridized carbons (Fsp3) is 0.320. The van der Waals surface area contributed by atoms with E-state index in [1.807, 2.05) is 6.20 Å². The molecule has 0 spiro atoms. The number of unbranched alkanes of at least 4 members (excludes halogenated alkanes) is 1. The van der Waals surface area contributed by atoms with E-state index in [0.29, 0.717) is 0 Å². The minimum Gasteiger partial charge on any atom is -0.256 e. The molecule has 0 fully saturated rings. The van der Waals surface area contributed by atoms with E-state index in [2.05, 4.69) is 79.5 Å². The van der Waals surface area contributed by atoms with Crippen LogP contribution in [0.2, 0.25) is 0 Å². The summed E-state index contributed by atoms with van der Waals surface area (Å²) < 4.78 is 0. The van der Waals surface area contributed by atoms with E-state index in [1.54, 1.807) is 0 Å². The van der Waals surface area contributed by atoms with Crippen molar-refractivity contribution in [1.29, 1.82) is 0 Å². The Kier molecular flexibility index (Phi) is 6.60. The van der Waals surface area contributed by atoms with Crippen LogP contribution in [0.1, 0.15) is 48.9 Å². The molecule has 0 unspecified atom stereocenters. The highest BCUT2D eigenvalue weighted by Gasteiger charge is 2.01. The molecule has 1 aromatic heterocycles. The highest BCUT2D eigenvalue weighted by Crippen LogP contribution is 2.19. The molecule has 1 heterocycles. The van der Waals surface area contributed by atoms with Crippen molar-refractivity contribution in [3.05, 3.63) is 89.1 Å². The fourth-order valence-corrected chi connectivity index (χ4v) is 3.19. The van der Waals surface area contributed by atoms with Crippen molar-refractivity contribution in [3.63, 3.8) is 0 Å². The standard InChI is InChI=1S/C25H29N/c1-3-5-6-21-7-9-22(10-8-21)11-12-23-13-16-24(17-14-23)25-18-15-20(4-2)19-26-25/h7-10,13-19H,3-6,11-12H2,1-2H3. The van der Waals surface area contributed by atoms with Crippen LogP contribution in [0, 0.1) is 0 Å². The molecule has 0 aliphatic rings. The molecule has 134 valence electrons. The molecule has 0 radical (unpaired) electrons. The largest absolute Gasteiger partial charge is 0.256 e. The van der Waals surface area contributed by atoms with E-state index < -0.39 is 0 Å². The van der Waals surface area contributed by atoms with Crippen LogP contribution in [0.4, 0.5) is 0 Å². The van der Waals surface area contributed by atoms with Crippen molar-refractivity contribution in [3.8, 4) is 11.3 Å². The van der Waals surface area contributed by atoms with Gasteiger partial charge in [-0.05, 0) is 60.4 Å². The van der Waals surface area contributed by atoms with Gasteiger partial charge >= 0.3 is 0 Å². The number of nitrogens with zero attached hydrogens (tertiary/aromatic N) is 1. The summed E-state index contributed by atoms with van der Waals surface area (Å²) >= 11 is 0. The van der Waals surface area contributed by atoms with E-state index in [4.69, 9.17) is 0 Å². The maximum absolute atomic E-state index is 4.57. The normalized spacial score (nSPS) is 10.8. The Morgan fingerprint density at radius 1 is 0.615 bits per heavy atom. The number of hydrogen-bond acceptors (Lipinski definition) is 1. The van der Waals surface area contributed by atoms with Crippen LogP contribution in [0.3, 0.4) is 0 Å². The summed E-state index contributed by atoms with van der Waals surface area (Å²) in [7, 11) is 0. The maximum Gasteiger partial charge on any atom is 0.0702 e. The molecule has 0 aliphatic carbocycles. The summed E-state index contributed by atoms with van der Waals surface area (Å²) in [4.78, 5) is 4.57. The van der Waals surface area contributed by atoms with Gasteiger partial charge in [0.15, 0.2) is 0 Å². The lowest BCUT2D eigenvalue weighted by Gasteiger charge is -2.06. The predicted molar refractivity (Wildman–Crippen MR) is 112 cm³/mol. The van der Waals surface area contributed by atoms with Crippen LogP contribution in [0.15, 0.2) is 66.9 Å². The molecule has 3 aromatic rings. The van der Waals surface area contributed by atoms with Gasteiger partial charge in [0.1, 0.15) is 0 Å². The molecular formula is C25H29N. The van der Waals surface area contributed by atoms with Crippen LogP contribution >= 0.6 is 0 Å². The van der Waals surface area contributed by atoms with E-state index >= 15 is 0 Å². The number of aromatic nitrogens is 1. The van der Waals surface area contributed by atoms with Crippen LogP contribution in [0.5, 0.6) is 0 Å². The van der Waals surface area contributed by atoms with Gasteiger partial charge < -0.3 is 0 Å². The Balaban J connectivity index is 1.57. The highest BCUT2D eigenvalue weighted by atomic mass is 14.7. The lowest BCUT2D eigenvalue weighted by molar-refractivity contribution is 0.794. The first-order chi connectivity index (χ1) is 12.8. The predicted octanol–water partition coefficient (Wildman–Crippen LogP) is 6.44. The van der Waals surface area contributed by atoms with Gasteiger partial charge in [-0.3, -0.25) is 4.98 Å². The fourth-order valence-electron chi connectivity index (χ4n) is 3.19. The first-order valence-corrected chi connectivity index (χ1v) is 9.90. The second-order valence-electron chi connectivity index (χ2n) is 7.02. The van der Waals surface area contributed by atoms with E-state index in [-0.39, 0.29) is 0 Å². The van der Waals surface area contributed by atoms with Gasteiger partial charge in [-0.15, -0.1) is 0 Å². The maximum atomic E-state index is 4.57. The molecule has 3 rings (SSSR count). The summed E-state index contributed by atoms with van der Waals surface area (Å²) in [5, 5.41) is 0. The molecular weight excluding hydrogens is 314 g/mol. The highest BCUT2D eigenvalue weighted by molar-refractivity contribution is 5.59. The molecule has 1 nitrogen and oxygen atoms in total. The molecule has 0 saturated carbocycles. The van der Waals surface area contributed by atoms with Crippen LogP contribution in [-0.4, -0.2) is 4.98 Å². The lowest BCUT2D eigenvalue weighted by Crippen LogP contribution is -1.93. The summed E-state index contributed by atoms with van der Waals surface area (Å²) in [5.74, 6) is 0. The number of rotatable bonds is 8. The van der Waals surface area contributed by atoms with Crippen LogP contribution in [0.25, 0.3) is 11.3 Å². The third kappa shape index (κ3) is 5.05. The molecule has 1 heteroatoms. The van der Waals surface area contributed by atoms with E-state index in [0.717, 1.165) is 25.0 Å². The molecule has 26 heavy (non-hydrogen) atoms. The van der Waals surface area contributed by atoms with E-state index in [1.165, 1.54) is 47.1 Å². The smallest absolute Gasteiger partial charge is 0.0702 e. The quantitative estimate of drug-likeness (QED) is 0.458. The third-order valence-corrected chi connectivity index (χ3v) is 5.03. The molecule has 0 N–H and O–H groups in total. The second kappa shape index (κ2) is 9.33. The van der Waals surface area contributed by atoms with Gasteiger partial charge in [-0.1, -0.05) is 74.9 Å². The van der Waals surface area contributed by atoms with Crippen LogP contribution < -0.4 is 0 Å². The number of hydrogen-bond donors (Lipinski definition) is 0. The van der Waals surface area contributed by atoms with Crippen molar-refractivity contribution in [2.75, 3.05) is 0 Å². The molecule has 0 aliphatic heterocycles. The van der Waals surface area contributed by atoms with Crippen molar-refractivity contribution >= 4 is 0 Å². The number of benzene rings is 2. The molecule has 2 aromatic carbocycles. The van der Waals surface area contributed by atoms with Gasteiger partial charge in [0, 0.05) is 11.8 Å². The molecule has 0 saturated heterocycles. The summed E-state index contributed by atoms with van der Waals surface area (Å²) in [5.41, 5.74) is 7.79. The number of aryl methyl sites for hydroxylation is 4. The summed E-state index contributed by atoms with van der Waals surface area (Å²) in [6, 6.07) is 22.3.